The number of hydrogen-bond acceptors (Lipinski definition) is 0. The summed E-state index contributed by atoms with van der Waals surface area (Å²) in [7, 11) is 0. The summed E-state index contributed by atoms with van der Waals surface area (Å²) in [6.07, 6.45) is 11.7. The van der Waals surface area contributed by atoms with Gasteiger partial charge in [0.1, 0.15) is 0 Å². The summed E-state index contributed by atoms with van der Waals surface area (Å²) in [4.78, 5) is 0. The number of hydrogen-bond donors (Lipinski definition) is 0. The minimum atomic E-state index is 1.02. The van der Waals surface area contributed by atoms with Crippen LogP contribution in [0.3, 0.4) is 0 Å². The SMILES string of the molecule is C(=C1C2CCC1CC2)C1CC1. The van der Waals surface area contributed by atoms with Gasteiger partial charge in [-0.2, -0.15) is 0 Å². The Bertz CT molecular complexity index is 176. The highest BCUT2D eigenvalue weighted by Crippen LogP contribution is 2.50. The Labute approximate surface area is 68.7 Å². The fourth-order valence-electron chi connectivity index (χ4n) is 2.90. The third-order valence-corrected chi connectivity index (χ3v) is 3.72. The molecular formula is C11H16. The molecule has 0 aliphatic heterocycles. The summed E-state index contributed by atoms with van der Waals surface area (Å²) in [6, 6.07) is 0. The molecule has 0 aromatic heterocycles. The van der Waals surface area contributed by atoms with Crippen molar-refractivity contribution in [1.29, 1.82) is 0 Å². The molecule has 0 unspecified atom stereocenters. The van der Waals surface area contributed by atoms with Crippen LogP contribution < -0.4 is 0 Å². The zero-order valence-corrected chi connectivity index (χ0v) is 7.05. The van der Waals surface area contributed by atoms with Gasteiger partial charge < -0.3 is 0 Å². The van der Waals surface area contributed by atoms with Gasteiger partial charge in [-0.3, -0.25) is 0 Å². The minimum absolute atomic E-state index is 1.02. The van der Waals surface area contributed by atoms with Crippen LogP contribution in [0.4, 0.5) is 0 Å². The van der Waals surface area contributed by atoms with Crippen molar-refractivity contribution in [3.63, 3.8) is 0 Å². The van der Waals surface area contributed by atoms with Crippen molar-refractivity contribution >= 4 is 0 Å². The molecule has 0 heterocycles. The molecule has 0 spiro atoms. The molecule has 11 heavy (non-hydrogen) atoms. The van der Waals surface area contributed by atoms with E-state index >= 15 is 0 Å². The Balaban J connectivity index is 1.85. The smallest absolute Gasteiger partial charge is 0.0200 e. The van der Waals surface area contributed by atoms with Crippen LogP contribution in [0.2, 0.25) is 0 Å². The van der Waals surface area contributed by atoms with Crippen molar-refractivity contribution in [3.8, 4) is 0 Å². The van der Waals surface area contributed by atoms with E-state index in [1.54, 1.807) is 0 Å². The quantitative estimate of drug-likeness (QED) is 0.501. The largest absolute Gasteiger partial charge is 0.0817 e. The van der Waals surface area contributed by atoms with E-state index in [2.05, 4.69) is 6.08 Å². The van der Waals surface area contributed by atoms with Crippen LogP contribution in [0.15, 0.2) is 11.6 Å². The number of rotatable bonds is 1. The summed E-state index contributed by atoms with van der Waals surface area (Å²) >= 11 is 0. The summed E-state index contributed by atoms with van der Waals surface area (Å²) in [6.45, 7) is 0. The second-order valence-corrected chi connectivity index (χ2v) is 4.55. The van der Waals surface area contributed by atoms with E-state index in [1.165, 1.54) is 38.5 Å². The van der Waals surface area contributed by atoms with Gasteiger partial charge in [-0.05, 0) is 56.3 Å². The van der Waals surface area contributed by atoms with E-state index in [4.69, 9.17) is 0 Å². The van der Waals surface area contributed by atoms with Gasteiger partial charge in [0.15, 0.2) is 0 Å². The molecule has 0 N–H and O–H groups in total. The van der Waals surface area contributed by atoms with E-state index in [-0.39, 0.29) is 0 Å². The van der Waals surface area contributed by atoms with Gasteiger partial charge in [-0.25, -0.2) is 0 Å². The molecule has 0 aromatic rings. The van der Waals surface area contributed by atoms with Gasteiger partial charge in [0, 0.05) is 0 Å². The lowest BCUT2D eigenvalue weighted by Crippen LogP contribution is -1.90. The molecule has 3 fully saturated rings. The average Bonchev–Trinajstić information content (AvgIpc) is 2.69. The summed E-state index contributed by atoms with van der Waals surface area (Å²) in [5.41, 5.74) is 1.88. The van der Waals surface area contributed by atoms with Gasteiger partial charge in [0.25, 0.3) is 0 Å². The molecular weight excluding hydrogens is 132 g/mol. The Morgan fingerprint density at radius 3 is 1.82 bits per heavy atom. The Kier molecular flexibility index (Phi) is 1.21. The van der Waals surface area contributed by atoms with E-state index in [9.17, 15) is 0 Å². The van der Waals surface area contributed by atoms with Crippen molar-refractivity contribution in [2.45, 2.75) is 38.5 Å². The number of allylic oxidation sites excluding steroid dienone is 2. The van der Waals surface area contributed by atoms with E-state index in [0.29, 0.717) is 0 Å². The molecule has 3 rings (SSSR count). The highest BCUT2D eigenvalue weighted by molar-refractivity contribution is 5.22. The molecule has 0 aromatic carbocycles. The second-order valence-electron chi connectivity index (χ2n) is 4.55. The minimum Gasteiger partial charge on any atom is -0.0817 e. The predicted octanol–water partition coefficient (Wildman–Crippen LogP) is 3.14. The van der Waals surface area contributed by atoms with Crippen LogP contribution in [0.5, 0.6) is 0 Å². The first-order chi connectivity index (χ1) is 5.43. The maximum Gasteiger partial charge on any atom is -0.0200 e. The normalized spacial score (nSPS) is 41.6. The average molecular weight is 148 g/mol. The molecule has 3 saturated carbocycles. The molecule has 3 aliphatic carbocycles. The molecule has 60 valence electrons. The lowest BCUT2D eigenvalue weighted by atomic mass is 10.0. The van der Waals surface area contributed by atoms with Crippen LogP contribution >= 0.6 is 0 Å². The van der Waals surface area contributed by atoms with Crippen molar-refractivity contribution in [3.05, 3.63) is 11.6 Å². The lowest BCUT2D eigenvalue weighted by molar-refractivity contribution is 0.480. The fourth-order valence-corrected chi connectivity index (χ4v) is 2.90. The molecule has 2 bridgehead atoms. The molecule has 0 radical (unpaired) electrons. The first-order valence-electron chi connectivity index (χ1n) is 5.15. The molecule has 0 atom stereocenters. The van der Waals surface area contributed by atoms with Crippen LogP contribution in [0, 0.1) is 17.8 Å². The van der Waals surface area contributed by atoms with Crippen LogP contribution in [0.25, 0.3) is 0 Å². The van der Waals surface area contributed by atoms with Crippen LogP contribution in [-0.2, 0) is 0 Å². The Morgan fingerprint density at radius 2 is 1.36 bits per heavy atom. The third-order valence-electron chi connectivity index (χ3n) is 3.72. The second kappa shape index (κ2) is 2.12. The highest BCUT2D eigenvalue weighted by Gasteiger charge is 2.37. The van der Waals surface area contributed by atoms with Crippen molar-refractivity contribution in [2.75, 3.05) is 0 Å². The fraction of sp³-hybridized carbons (Fsp3) is 0.818. The third kappa shape index (κ3) is 0.953. The van der Waals surface area contributed by atoms with Gasteiger partial charge in [0.05, 0.1) is 0 Å². The molecule has 3 aliphatic rings. The summed E-state index contributed by atoms with van der Waals surface area (Å²) in [5.74, 6) is 3.10. The standard InChI is InChI=1S/C11H16/c1-2-8(1)7-11-9-3-4-10(11)6-5-9/h7-10H,1-6H2. The Morgan fingerprint density at radius 1 is 0.818 bits per heavy atom. The predicted molar refractivity (Wildman–Crippen MR) is 46.3 cm³/mol. The van der Waals surface area contributed by atoms with Gasteiger partial charge in [-0.1, -0.05) is 11.6 Å². The maximum absolute atomic E-state index is 2.63. The van der Waals surface area contributed by atoms with E-state index < -0.39 is 0 Å². The van der Waals surface area contributed by atoms with Crippen molar-refractivity contribution < 1.29 is 0 Å². The van der Waals surface area contributed by atoms with Crippen molar-refractivity contribution in [1.82, 2.24) is 0 Å². The number of fused-ring (bicyclic) bond motifs is 2. The van der Waals surface area contributed by atoms with Gasteiger partial charge in [0.2, 0.25) is 0 Å². The Hall–Kier alpha value is -0.260. The van der Waals surface area contributed by atoms with Crippen LogP contribution in [-0.4, -0.2) is 0 Å². The first-order valence-corrected chi connectivity index (χ1v) is 5.15. The monoisotopic (exact) mass is 148 g/mol. The summed E-state index contributed by atoms with van der Waals surface area (Å²) < 4.78 is 0. The first kappa shape index (κ1) is 6.28. The van der Waals surface area contributed by atoms with E-state index in [1.807, 2.05) is 5.57 Å². The zero-order chi connectivity index (χ0) is 7.26. The van der Waals surface area contributed by atoms with Gasteiger partial charge in [-0.15, -0.1) is 0 Å². The molecule has 0 heteroatoms. The molecule has 0 nitrogen and oxygen atoms in total. The van der Waals surface area contributed by atoms with Gasteiger partial charge >= 0.3 is 0 Å². The van der Waals surface area contributed by atoms with Crippen LogP contribution in [0.1, 0.15) is 38.5 Å². The summed E-state index contributed by atoms with van der Waals surface area (Å²) in [5, 5.41) is 0. The maximum atomic E-state index is 2.63. The molecule has 0 amide bonds. The highest BCUT2D eigenvalue weighted by atomic mass is 14.4. The van der Waals surface area contributed by atoms with Crippen molar-refractivity contribution in [2.24, 2.45) is 17.8 Å². The topological polar surface area (TPSA) is 0 Å². The lowest BCUT2D eigenvalue weighted by Gasteiger charge is -2.04. The molecule has 0 saturated heterocycles. The zero-order valence-electron chi connectivity index (χ0n) is 7.05. The van der Waals surface area contributed by atoms with E-state index in [0.717, 1.165) is 17.8 Å².